The zero-order chi connectivity index (χ0) is 10.5. The van der Waals surface area contributed by atoms with Crippen LogP contribution in [0.4, 0.5) is 0 Å². The summed E-state index contributed by atoms with van der Waals surface area (Å²) in [7, 11) is -2.98. The SMILES string of the molecule is O=C(O)C1=CSS(=O)(=O)[C@@H]2CC(=O)N12. The Hall–Kier alpha value is -1.02. The lowest BCUT2D eigenvalue weighted by Gasteiger charge is -2.41. The van der Waals surface area contributed by atoms with Crippen LogP contribution in [0.15, 0.2) is 11.1 Å². The largest absolute Gasteiger partial charge is 0.477 e. The first-order valence-electron chi connectivity index (χ1n) is 3.61. The second kappa shape index (κ2) is 2.74. The maximum absolute atomic E-state index is 11.3. The second-order valence-electron chi connectivity index (χ2n) is 2.82. The summed E-state index contributed by atoms with van der Waals surface area (Å²) in [5, 5.41) is 8.67. The highest BCUT2D eigenvalue weighted by Gasteiger charge is 2.51. The van der Waals surface area contributed by atoms with Crippen molar-refractivity contribution in [1.29, 1.82) is 0 Å². The van der Waals surface area contributed by atoms with E-state index in [2.05, 4.69) is 0 Å². The number of aliphatic carboxylic acids is 1. The topological polar surface area (TPSA) is 91.7 Å². The molecule has 0 saturated carbocycles. The van der Waals surface area contributed by atoms with Crippen molar-refractivity contribution in [3.63, 3.8) is 0 Å². The Morgan fingerprint density at radius 1 is 1.64 bits per heavy atom. The van der Waals surface area contributed by atoms with E-state index in [9.17, 15) is 18.0 Å². The molecule has 2 rings (SSSR count). The van der Waals surface area contributed by atoms with Crippen molar-refractivity contribution in [3.8, 4) is 0 Å². The summed E-state index contributed by atoms with van der Waals surface area (Å²) in [5.41, 5.74) is -0.258. The molecule has 2 aliphatic heterocycles. The Morgan fingerprint density at radius 2 is 2.29 bits per heavy atom. The third-order valence-electron chi connectivity index (χ3n) is 2.01. The Labute approximate surface area is 82.9 Å². The highest BCUT2D eigenvalue weighted by Crippen LogP contribution is 2.40. The predicted octanol–water partition coefficient (Wildman–Crippen LogP) is -0.453. The van der Waals surface area contributed by atoms with Gasteiger partial charge in [0.15, 0.2) is 5.37 Å². The lowest BCUT2D eigenvalue weighted by molar-refractivity contribution is -0.146. The van der Waals surface area contributed by atoms with Crippen LogP contribution in [-0.4, -0.2) is 35.7 Å². The van der Waals surface area contributed by atoms with Crippen molar-refractivity contribution in [2.24, 2.45) is 0 Å². The van der Waals surface area contributed by atoms with E-state index in [4.69, 9.17) is 5.11 Å². The fourth-order valence-corrected chi connectivity index (χ4v) is 4.22. The van der Waals surface area contributed by atoms with Gasteiger partial charge in [-0.2, -0.15) is 0 Å². The molecule has 14 heavy (non-hydrogen) atoms. The van der Waals surface area contributed by atoms with E-state index in [1.807, 2.05) is 0 Å². The molecule has 1 amide bonds. The quantitative estimate of drug-likeness (QED) is 0.488. The van der Waals surface area contributed by atoms with Gasteiger partial charge in [0.2, 0.25) is 14.8 Å². The Bertz CT molecular complexity index is 451. The smallest absolute Gasteiger partial charge is 0.353 e. The third-order valence-corrected chi connectivity index (χ3v) is 5.40. The van der Waals surface area contributed by atoms with Gasteiger partial charge in [-0.05, 0) is 0 Å². The number of carboxylic acid groups (broad SMARTS) is 1. The molecular weight excluding hydrogens is 230 g/mol. The van der Waals surface area contributed by atoms with Crippen LogP contribution >= 0.6 is 10.8 Å². The van der Waals surface area contributed by atoms with Gasteiger partial charge in [-0.1, -0.05) is 0 Å². The molecule has 6 nitrogen and oxygen atoms in total. The minimum atomic E-state index is -3.44. The number of carbonyl (C=O) groups excluding carboxylic acids is 1. The van der Waals surface area contributed by atoms with Gasteiger partial charge < -0.3 is 5.11 Å². The molecule has 0 bridgehead atoms. The fraction of sp³-hybridized carbons (Fsp3) is 0.333. The molecule has 0 radical (unpaired) electrons. The summed E-state index contributed by atoms with van der Waals surface area (Å²) in [6.45, 7) is 0. The maximum Gasteiger partial charge on any atom is 0.353 e. The minimum absolute atomic E-state index is 0.125. The summed E-state index contributed by atoms with van der Waals surface area (Å²) in [4.78, 5) is 22.5. The summed E-state index contributed by atoms with van der Waals surface area (Å²) in [6.07, 6.45) is -0.125. The van der Waals surface area contributed by atoms with E-state index < -0.39 is 26.1 Å². The van der Waals surface area contributed by atoms with E-state index in [-0.39, 0.29) is 12.1 Å². The van der Waals surface area contributed by atoms with Crippen LogP contribution in [0.1, 0.15) is 6.42 Å². The molecule has 0 unspecified atom stereocenters. The maximum atomic E-state index is 11.3. The number of β-lactam (4-membered cyclic amide) rings is 1. The Kier molecular flexibility index (Phi) is 1.86. The van der Waals surface area contributed by atoms with Crippen molar-refractivity contribution in [3.05, 3.63) is 11.1 Å². The Morgan fingerprint density at radius 3 is 2.79 bits per heavy atom. The van der Waals surface area contributed by atoms with Gasteiger partial charge in [0.1, 0.15) is 5.70 Å². The van der Waals surface area contributed by atoms with Crippen LogP contribution in [0, 0.1) is 0 Å². The molecular formula is C6H5NO5S2. The molecule has 8 heteroatoms. The van der Waals surface area contributed by atoms with E-state index in [1.165, 1.54) is 0 Å². The minimum Gasteiger partial charge on any atom is -0.477 e. The molecule has 0 spiro atoms. The summed E-state index contributed by atoms with van der Waals surface area (Å²) < 4.78 is 22.6. The highest BCUT2D eigenvalue weighted by atomic mass is 33.1. The van der Waals surface area contributed by atoms with Gasteiger partial charge >= 0.3 is 5.97 Å². The lowest BCUT2D eigenvalue weighted by Crippen LogP contribution is -2.57. The average Bonchev–Trinajstić information content (AvgIpc) is 2.05. The second-order valence-corrected chi connectivity index (χ2v) is 6.75. The molecule has 76 valence electrons. The lowest BCUT2D eigenvalue weighted by atomic mass is 10.2. The van der Waals surface area contributed by atoms with Crippen molar-refractivity contribution < 1.29 is 23.1 Å². The molecule has 0 aromatic heterocycles. The number of carbonyl (C=O) groups is 2. The number of hydrogen-bond acceptors (Lipinski definition) is 5. The van der Waals surface area contributed by atoms with Crippen molar-refractivity contribution in [1.82, 2.24) is 4.90 Å². The zero-order valence-electron chi connectivity index (χ0n) is 6.71. The summed E-state index contributed by atoms with van der Waals surface area (Å²) in [5.74, 6) is -1.75. The molecule has 0 aromatic rings. The van der Waals surface area contributed by atoms with Gasteiger partial charge in [-0.15, -0.1) is 0 Å². The predicted molar refractivity (Wildman–Crippen MR) is 47.5 cm³/mol. The van der Waals surface area contributed by atoms with E-state index in [0.29, 0.717) is 10.8 Å². The third kappa shape index (κ3) is 1.14. The molecule has 0 aromatic carbocycles. The summed E-state index contributed by atoms with van der Waals surface area (Å²) >= 11 is 0. The number of amides is 1. The van der Waals surface area contributed by atoms with Gasteiger partial charge in [0.05, 0.1) is 6.42 Å². The van der Waals surface area contributed by atoms with Crippen LogP contribution in [0.3, 0.4) is 0 Å². The Balaban J connectivity index is 2.45. The normalized spacial score (nSPS) is 28.9. The average molecular weight is 235 g/mol. The molecule has 0 aliphatic carbocycles. The van der Waals surface area contributed by atoms with Crippen LogP contribution in [-0.2, 0) is 18.5 Å². The number of rotatable bonds is 1. The highest BCUT2D eigenvalue weighted by molar-refractivity contribution is 8.73. The number of nitrogens with zero attached hydrogens (tertiary/aromatic N) is 1. The monoisotopic (exact) mass is 235 g/mol. The number of carboxylic acids is 1. The number of fused-ring (bicyclic) bond motifs is 1. The van der Waals surface area contributed by atoms with Gasteiger partial charge in [0, 0.05) is 16.2 Å². The van der Waals surface area contributed by atoms with Crippen LogP contribution in [0.5, 0.6) is 0 Å². The zero-order valence-corrected chi connectivity index (χ0v) is 8.34. The van der Waals surface area contributed by atoms with Gasteiger partial charge in [-0.25, -0.2) is 13.2 Å². The molecule has 1 N–H and O–H groups in total. The first kappa shape index (κ1) is 9.53. The molecule has 1 saturated heterocycles. The van der Waals surface area contributed by atoms with Gasteiger partial charge in [0.25, 0.3) is 0 Å². The van der Waals surface area contributed by atoms with Crippen LogP contribution in [0.2, 0.25) is 0 Å². The van der Waals surface area contributed by atoms with E-state index >= 15 is 0 Å². The standard InChI is InChI=1S/C6H5NO5S2/c8-4-1-5-7(4)3(6(9)10)2-13-14(5,11)12/h2,5H,1H2,(H,9,10)/t5-/m1/s1. The van der Waals surface area contributed by atoms with Crippen molar-refractivity contribution in [2.75, 3.05) is 0 Å². The van der Waals surface area contributed by atoms with Gasteiger partial charge in [-0.3, -0.25) is 9.69 Å². The molecule has 1 fully saturated rings. The van der Waals surface area contributed by atoms with Crippen LogP contribution in [0.25, 0.3) is 0 Å². The first-order chi connectivity index (χ1) is 6.43. The molecule has 1 atom stereocenters. The summed E-state index contributed by atoms with van der Waals surface area (Å²) in [6, 6.07) is 0. The van der Waals surface area contributed by atoms with E-state index in [1.54, 1.807) is 0 Å². The number of hydrogen-bond donors (Lipinski definition) is 1. The molecule has 2 aliphatic rings. The van der Waals surface area contributed by atoms with Crippen LogP contribution < -0.4 is 0 Å². The first-order valence-corrected chi connectivity index (χ1v) is 6.55. The van der Waals surface area contributed by atoms with Crippen molar-refractivity contribution in [2.45, 2.75) is 11.8 Å². The molecule has 2 heterocycles. The van der Waals surface area contributed by atoms with E-state index in [0.717, 1.165) is 10.3 Å². The fourth-order valence-electron chi connectivity index (χ4n) is 1.29. The van der Waals surface area contributed by atoms with Crippen molar-refractivity contribution >= 4 is 31.5 Å².